The summed E-state index contributed by atoms with van der Waals surface area (Å²) < 4.78 is 18.1. The predicted molar refractivity (Wildman–Crippen MR) is 75.1 cm³/mol. The number of aromatic nitrogens is 2. The highest BCUT2D eigenvalue weighted by Gasteiger charge is 2.10. The topological polar surface area (TPSA) is 51.0 Å². The van der Waals surface area contributed by atoms with Gasteiger partial charge in [-0.25, -0.2) is 4.39 Å². The van der Waals surface area contributed by atoms with Crippen molar-refractivity contribution < 1.29 is 8.91 Å². The predicted octanol–water partition coefficient (Wildman–Crippen LogP) is 3.34. The number of halogens is 2. The molecule has 6 heteroatoms. The highest BCUT2D eigenvalue weighted by atomic mass is 35.5. The van der Waals surface area contributed by atoms with Crippen molar-refractivity contribution in [3.63, 3.8) is 0 Å². The summed E-state index contributed by atoms with van der Waals surface area (Å²) in [5.74, 6) is 0.725. The van der Waals surface area contributed by atoms with E-state index in [-0.39, 0.29) is 5.82 Å². The molecule has 0 aliphatic heterocycles. The Balaban J connectivity index is 1.98. The smallest absolute Gasteiger partial charge is 0.240 e. The van der Waals surface area contributed by atoms with E-state index in [0.29, 0.717) is 35.7 Å². The maximum atomic E-state index is 13.0. The summed E-state index contributed by atoms with van der Waals surface area (Å²) >= 11 is 5.97. The van der Waals surface area contributed by atoms with Gasteiger partial charge in [0.1, 0.15) is 5.82 Å². The van der Waals surface area contributed by atoms with Gasteiger partial charge in [-0.3, -0.25) is 0 Å². The van der Waals surface area contributed by atoms with Crippen LogP contribution in [0, 0.1) is 5.82 Å². The number of benzene rings is 1. The van der Waals surface area contributed by atoms with Crippen molar-refractivity contribution >= 4 is 11.6 Å². The Bertz CT molecular complexity index is 573. The van der Waals surface area contributed by atoms with E-state index in [1.165, 1.54) is 12.1 Å². The lowest BCUT2D eigenvalue weighted by molar-refractivity contribution is 0.354. The summed E-state index contributed by atoms with van der Waals surface area (Å²) in [6.45, 7) is 4.74. The van der Waals surface area contributed by atoms with Crippen LogP contribution in [-0.4, -0.2) is 16.2 Å². The van der Waals surface area contributed by atoms with E-state index in [0.717, 1.165) is 12.0 Å². The third-order valence-electron chi connectivity index (χ3n) is 3.09. The molecule has 1 unspecified atom stereocenters. The summed E-state index contributed by atoms with van der Waals surface area (Å²) in [7, 11) is 0. The minimum atomic E-state index is -0.356. The maximum absolute atomic E-state index is 13.0. The SMILES string of the molecule is CCC(C)NCc1nc(Cc2ccc(F)cc2Cl)no1. The average molecular weight is 298 g/mol. The Labute approximate surface area is 122 Å². The van der Waals surface area contributed by atoms with Gasteiger partial charge < -0.3 is 9.84 Å². The first kappa shape index (κ1) is 14.9. The molecule has 1 heterocycles. The molecule has 0 saturated heterocycles. The van der Waals surface area contributed by atoms with Gasteiger partial charge >= 0.3 is 0 Å². The zero-order valence-electron chi connectivity index (χ0n) is 11.5. The molecule has 108 valence electrons. The molecule has 0 radical (unpaired) electrons. The summed E-state index contributed by atoms with van der Waals surface area (Å²) in [5, 5.41) is 7.54. The molecule has 0 aliphatic rings. The molecule has 2 aromatic rings. The molecule has 0 fully saturated rings. The normalized spacial score (nSPS) is 12.6. The van der Waals surface area contributed by atoms with Gasteiger partial charge in [0.05, 0.1) is 6.54 Å². The fraction of sp³-hybridized carbons (Fsp3) is 0.429. The fourth-order valence-corrected chi connectivity index (χ4v) is 1.91. The van der Waals surface area contributed by atoms with Crippen LogP contribution in [0.2, 0.25) is 5.02 Å². The van der Waals surface area contributed by atoms with Crippen LogP contribution in [0.1, 0.15) is 37.5 Å². The Morgan fingerprint density at radius 1 is 1.45 bits per heavy atom. The number of rotatable bonds is 6. The van der Waals surface area contributed by atoms with E-state index in [9.17, 15) is 4.39 Å². The van der Waals surface area contributed by atoms with Crippen molar-refractivity contribution in [2.24, 2.45) is 0 Å². The third-order valence-corrected chi connectivity index (χ3v) is 3.44. The van der Waals surface area contributed by atoms with Gasteiger partial charge in [-0.05, 0) is 31.0 Å². The molecule has 0 bridgehead atoms. The summed E-state index contributed by atoms with van der Waals surface area (Å²) in [4.78, 5) is 4.28. The van der Waals surface area contributed by atoms with E-state index in [4.69, 9.17) is 16.1 Å². The third kappa shape index (κ3) is 4.02. The standard InChI is InChI=1S/C14H17ClFN3O/c1-3-9(2)17-8-14-18-13(19-20-14)6-10-4-5-11(16)7-12(10)15/h4-5,7,9,17H,3,6,8H2,1-2H3. The van der Waals surface area contributed by atoms with Crippen molar-refractivity contribution in [2.45, 2.75) is 39.3 Å². The second kappa shape index (κ2) is 6.81. The van der Waals surface area contributed by atoms with Gasteiger partial charge in [-0.1, -0.05) is 29.7 Å². The van der Waals surface area contributed by atoms with E-state index >= 15 is 0 Å². The van der Waals surface area contributed by atoms with E-state index < -0.39 is 0 Å². The Morgan fingerprint density at radius 2 is 2.25 bits per heavy atom. The van der Waals surface area contributed by atoms with Crippen LogP contribution in [0.25, 0.3) is 0 Å². The van der Waals surface area contributed by atoms with Crippen LogP contribution in [0.3, 0.4) is 0 Å². The van der Waals surface area contributed by atoms with Gasteiger partial charge in [0.2, 0.25) is 5.89 Å². The number of nitrogens with one attached hydrogen (secondary N) is 1. The van der Waals surface area contributed by atoms with Gasteiger partial charge in [-0.2, -0.15) is 4.98 Å². The highest BCUT2D eigenvalue weighted by Crippen LogP contribution is 2.19. The van der Waals surface area contributed by atoms with Crippen LogP contribution < -0.4 is 5.32 Å². The van der Waals surface area contributed by atoms with E-state index in [1.54, 1.807) is 6.07 Å². The molecule has 0 spiro atoms. The molecule has 0 aliphatic carbocycles. The second-order valence-electron chi connectivity index (χ2n) is 4.71. The lowest BCUT2D eigenvalue weighted by Gasteiger charge is -2.07. The van der Waals surface area contributed by atoms with Gasteiger partial charge in [-0.15, -0.1) is 0 Å². The second-order valence-corrected chi connectivity index (χ2v) is 5.11. The Hall–Kier alpha value is -1.46. The van der Waals surface area contributed by atoms with Crippen molar-refractivity contribution in [3.8, 4) is 0 Å². The minimum absolute atomic E-state index is 0.356. The average Bonchev–Trinajstić information content (AvgIpc) is 2.87. The highest BCUT2D eigenvalue weighted by molar-refractivity contribution is 6.31. The Morgan fingerprint density at radius 3 is 2.95 bits per heavy atom. The molecule has 1 aromatic carbocycles. The van der Waals surface area contributed by atoms with Crippen LogP contribution >= 0.6 is 11.6 Å². The number of hydrogen-bond donors (Lipinski definition) is 1. The molecule has 0 saturated carbocycles. The summed E-state index contributed by atoms with van der Waals surface area (Å²) in [6, 6.07) is 4.68. The molecule has 1 aromatic heterocycles. The summed E-state index contributed by atoms with van der Waals surface area (Å²) in [6.07, 6.45) is 1.46. The van der Waals surface area contributed by atoms with Crippen LogP contribution in [0.15, 0.2) is 22.7 Å². The maximum Gasteiger partial charge on any atom is 0.240 e. The monoisotopic (exact) mass is 297 g/mol. The molecule has 4 nitrogen and oxygen atoms in total. The molecule has 20 heavy (non-hydrogen) atoms. The van der Waals surface area contributed by atoms with Gasteiger partial charge in [0.25, 0.3) is 0 Å². The van der Waals surface area contributed by atoms with Crippen molar-refractivity contribution in [1.82, 2.24) is 15.5 Å². The quantitative estimate of drug-likeness (QED) is 0.888. The molecule has 0 amide bonds. The van der Waals surface area contributed by atoms with E-state index in [1.807, 2.05) is 0 Å². The van der Waals surface area contributed by atoms with Crippen molar-refractivity contribution in [2.75, 3.05) is 0 Å². The van der Waals surface area contributed by atoms with Crippen molar-refractivity contribution in [1.29, 1.82) is 0 Å². The first-order valence-electron chi connectivity index (χ1n) is 6.57. The zero-order chi connectivity index (χ0) is 14.5. The lowest BCUT2D eigenvalue weighted by Crippen LogP contribution is -2.24. The zero-order valence-corrected chi connectivity index (χ0v) is 12.2. The molecule has 2 rings (SSSR count). The molecule has 1 N–H and O–H groups in total. The molecule has 1 atom stereocenters. The first-order valence-corrected chi connectivity index (χ1v) is 6.95. The van der Waals surface area contributed by atoms with E-state index in [2.05, 4.69) is 29.3 Å². The first-order chi connectivity index (χ1) is 9.58. The number of hydrogen-bond acceptors (Lipinski definition) is 4. The molecular formula is C14H17ClFN3O. The number of nitrogens with zero attached hydrogens (tertiary/aromatic N) is 2. The van der Waals surface area contributed by atoms with Crippen LogP contribution in [-0.2, 0) is 13.0 Å². The minimum Gasteiger partial charge on any atom is -0.338 e. The van der Waals surface area contributed by atoms with Gasteiger partial charge in [0.15, 0.2) is 5.82 Å². The molecular weight excluding hydrogens is 281 g/mol. The van der Waals surface area contributed by atoms with Crippen molar-refractivity contribution in [3.05, 3.63) is 46.3 Å². The lowest BCUT2D eigenvalue weighted by atomic mass is 10.1. The largest absolute Gasteiger partial charge is 0.338 e. The van der Waals surface area contributed by atoms with Gasteiger partial charge in [0, 0.05) is 17.5 Å². The summed E-state index contributed by atoms with van der Waals surface area (Å²) in [5.41, 5.74) is 0.773. The van der Waals surface area contributed by atoms with Crippen LogP contribution in [0.5, 0.6) is 0 Å². The fourth-order valence-electron chi connectivity index (χ4n) is 1.68. The Kier molecular flexibility index (Phi) is 5.09. The van der Waals surface area contributed by atoms with Crippen LogP contribution in [0.4, 0.5) is 4.39 Å².